The van der Waals surface area contributed by atoms with E-state index in [1.807, 2.05) is 0 Å². The molecule has 0 saturated carbocycles. The fraction of sp³-hybridized carbons (Fsp3) is 0.360. The van der Waals surface area contributed by atoms with E-state index in [0.717, 1.165) is 6.42 Å². The summed E-state index contributed by atoms with van der Waals surface area (Å²) in [5, 5.41) is 3.26. The van der Waals surface area contributed by atoms with Crippen molar-refractivity contribution in [2.75, 3.05) is 0 Å². The Labute approximate surface area is 218 Å². The van der Waals surface area contributed by atoms with Gasteiger partial charge in [-0.15, -0.1) is 23.8 Å². The number of unbranched alkanes of at least 4 members (excludes halogenated alkanes) is 1. The van der Waals surface area contributed by atoms with Gasteiger partial charge in [0.05, 0.1) is 8.07 Å². The average molecular weight is 514 g/mol. The van der Waals surface area contributed by atoms with Crippen LogP contribution in [-0.4, -0.2) is 8.07 Å². The molecule has 0 heterocycles. The largest absolute Gasteiger partial charge is 4.00 e. The van der Waals surface area contributed by atoms with Crippen LogP contribution in [0, 0.1) is 26.8 Å². The van der Waals surface area contributed by atoms with Crippen LogP contribution in [0.15, 0.2) is 53.7 Å². The first kappa shape index (κ1) is 31.9. The minimum atomic E-state index is -1.81. The predicted molar refractivity (Wildman–Crippen MR) is 117 cm³/mol. The molecule has 1 atom stereocenters. The Morgan fingerprint density at radius 1 is 0.933 bits per heavy atom. The maximum atomic E-state index is 3.68. The Morgan fingerprint density at radius 2 is 1.50 bits per heavy atom. The average Bonchev–Trinajstić information content (AvgIpc) is 3.10. The van der Waals surface area contributed by atoms with Crippen LogP contribution in [0.2, 0.25) is 12.6 Å². The van der Waals surface area contributed by atoms with Crippen molar-refractivity contribution in [2.45, 2.75) is 59.5 Å². The predicted octanol–water partition coefficient (Wildman–Crippen LogP) is -2.54. The second-order valence-electron chi connectivity index (χ2n) is 7.95. The second-order valence-corrected chi connectivity index (χ2v) is 12.2. The number of allylic oxidation sites excluding steroid dienone is 4. The van der Waals surface area contributed by atoms with Crippen LogP contribution in [0.1, 0.15) is 48.4 Å². The normalized spacial score (nSPS) is 14.0. The van der Waals surface area contributed by atoms with E-state index in [1.54, 1.807) is 10.4 Å². The fourth-order valence-electron chi connectivity index (χ4n) is 4.79. The van der Waals surface area contributed by atoms with Crippen molar-refractivity contribution in [3.63, 3.8) is 0 Å². The molecule has 1 aliphatic rings. The monoisotopic (exact) mass is 512 g/mol. The van der Waals surface area contributed by atoms with Gasteiger partial charge < -0.3 is 37.2 Å². The van der Waals surface area contributed by atoms with E-state index >= 15 is 0 Å². The summed E-state index contributed by atoms with van der Waals surface area (Å²) in [6, 6.07) is 17.0. The summed E-state index contributed by atoms with van der Waals surface area (Å²) in [6.45, 7) is 11.8. The third-order valence-electron chi connectivity index (χ3n) is 5.77. The Morgan fingerprint density at radius 3 is 2.03 bits per heavy atom. The first-order valence-corrected chi connectivity index (χ1v) is 12.6. The minimum Gasteiger partial charge on any atom is -1.00 e. The van der Waals surface area contributed by atoms with Gasteiger partial charge in [-0.05, 0) is 20.8 Å². The maximum Gasteiger partial charge on any atom is 4.00 e. The molecule has 160 valence electrons. The van der Waals surface area contributed by atoms with E-state index in [4.69, 9.17) is 0 Å². The van der Waals surface area contributed by atoms with Gasteiger partial charge in [-0.1, -0.05) is 91.0 Å². The number of halogens is 3. The zero-order valence-corrected chi connectivity index (χ0v) is 23.4. The van der Waals surface area contributed by atoms with Crippen molar-refractivity contribution in [1.82, 2.24) is 0 Å². The third kappa shape index (κ3) is 6.61. The number of benzene rings is 2. The molecule has 0 bridgehead atoms. The number of hydrogen-bond acceptors (Lipinski definition) is 0. The first-order chi connectivity index (χ1) is 12.5. The molecule has 0 aliphatic heterocycles. The van der Waals surface area contributed by atoms with Crippen LogP contribution < -0.4 is 42.4 Å². The van der Waals surface area contributed by atoms with Gasteiger partial charge in [-0.25, -0.2) is 0 Å². The summed E-state index contributed by atoms with van der Waals surface area (Å²) in [5.74, 6) is 0. The van der Waals surface area contributed by atoms with E-state index < -0.39 is 8.07 Å². The van der Waals surface area contributed by atoms with Gasteiger partial charge in [0.25, 0.3) is 0 Å². The summed E-state index contributed by atoms with van der Waals surface area (Å²) in [4.78, 5) is 0. The second kappa shape index (κ2) is 14.0. The molecule has 0 saturated heterocycles. The summed E-state index contributed by atoms with van der Waals surface area (Å²) < 4.78 is 0. The summed E-state index contributed by atoms with van der Waals surface area (Å²) >= 11 is 0. The number of aryl methyl sites for hydroxylation is 3. The molecule has 0 nitrogen and oxygen atoms in total. The van der Waals surface area contributed by atoms with Gasteiger partial charge in [0, 0.05) is 0 Å². The Hall–Kier alpha value is -0.279. The van der Waals surface area contributed by atoms with Crippen molar-refractivity contribution in [1.29, 1.82) is 0 Å². The van der Waals surface area contributed by atoms with E-state index in [1.165, 1.54) is 46.7 Å². The molecule has 30 heavy (non-hydrogen) atoms. The molecule has 0 radical (unpaired) electrons. The van der Waals surface area contributed by atoms with Crippen LogP contribution >= 0.6 is 0 Å². The summed E-state index contributed by atoms with van der Waals surface area (Å²) in [6.07, 6.45) is 9.67. The van der Waals surface area contributed by atoms with E-state index in [9.17, 15) is 0 Å². The molecule has 2 aromatic carbocycles. The molecule has 1 unspecified atom stereocenters. The van der Waals surface area contributed by atoms with Gasteiger partial charge in [0.1, 0.15) is 0 Å². The molecule has 0 N–H and O–H groups in total. The molecule has 5 heteroatoms. The van der Waals surface area contributed by atoms with E-state index in [0.29, 0.717) is 0 Å². The third-order valence-corrected chi connectivity index (χ3v) is 10.7. The SMILES string of the molecule is CCCC[Si](C)(C1=CC[C-]=C1c1ccccc1)c1c(C)cc(C)cc1C.[Cl-].[Cl-].[Cl-].[Ti+4]. The quantitative estimate of drug-likeness (QED) is 0.295. The smallest absolute Gasteiger partial charge is 1.00 e. The van der Waals surface area contributed by atoms with Crippen LogP contribution in [-0.2, 0) is 21.7 Å². The van der Waals surface area contributed by atoms with Crippen molar-refractivity contribution in [3.05, 3.63) is 82.1 Å². The maximum absolute atomic E-state index is 3.68. The van der Waals surface area contributed by atoms with Gasteiger partial charge >= 0.3 is 21.7 Å². The topological polar surface area (TPSA) is 0 Å². The van der Waals surface area contributed by atoms with Crippen LogP contribution in [0.25, 0.3) is 5.57 Å². The molecular weight excluding hydrogens is 483 g/mol. The zero-order valence-electron chi connectivity index (χ0n) is 18.6. The molecule has 3 rings (SSSR count). The minimum absolute atomic E-state index is 0. The van der Waals surface area contributed by atoms with Crippen LogP contribution in [0.4, 0.5) is 0 Å². The van der Waals surface area contributed by atoms with Crippen molar-refractivity contribution >= 4 is 18.8 Å². The molecule has 0 fully saturated rings. The first-order valence-electron chi connectivity index (χ1n) is 9.93. The fourth-order valence-corrected chi connectivity index (χ4v) is 9.86. The number of rotatable bonds is 6. The number of hydrogen-bond donors (Lipinski definition) is 0. The molecule has 1 aliphatic carbocycles. The Kier molecular flexibility index (Phi) is 14.9. The standard InChI is InChI=1S/C25H31Si.3ClH.Ti/c1-6-7-16-26(5,25-20(3)17-19(2)18-21(25)4)24-15-11-14-23(24)22-12-9-8-10-13-22;;;;/h8-10,12-13,15,17-18H,6-7,11,16H2,1-5H3;3*1H;/q-1;;;;+4/p-3. The molecule has 0 spiro atoms. The van der Waals surface area contributed by atoms with Crippen molar-refractivity contribution in [2.24, 2.45) is 0 Å². The van der Waals surface area contributed by atoms with Gasteiger partial charge in [0.15, 0.2) is 0 Å². The summed E-state index contributed by atoms with van der Waals surface area (Å²) in [5.41, 5.74) is 7.03. The van der Waals surface area contributed by atoms with E-state index in [2.05, 4.69) is 88.9 Å². The van der Waals surface area contributed by atoms with E-state index in [-0.39, 0.29) is 58.9 Å². The Balaban J connectivity index is 0. The van der Waals surface area contributed by atoms with Gasteiger partial charge in [0.2, 0.25) is 0 Å². The van der Waals surface area contributed by atoms with Gasteiger partial charge in [-0.2, -0.15) is 16.8 Å². The van der Waals surface area contributed by atoms with Crippen molar-refractivity contribution < 1.29 is 58.9 Å². The molecule has 0 aromatic heterocycles. The summed E-state index contributed by atoms with van der Waals surface area (Å²) in [7, 11) is -1.81. The van der Waals surface area contributed by atoms with Crippen molar-refractivity contribution in [3.8, 4) is 0 Å². The Bertz CT molecular complexity index is 839. The van der Waals surface area contributed by atoms with Crippen LogP contribution in [0.5, 0.6) is 0 Å². The van der Waals surface area contributed by atoms with Gasteiger partial charge in [-0.3, -0.25) is 0 Å². The molecule has 2 aromatic rings. The van der Waals surface area contributed by atoms with Crippen LogP contribution in [0.3, 0.4) is 0 Å². The molecular formula is C25H31Cl3SiTi. The zero-order chi connectivity index (χ0) is 18.7. The molecule has 0 amide bonds.